The summed E-state index contributed by atoms with van der Waals surface area (Å²) >= 11 is 2.94. The minimum atomic E-state index is -1.83. The van der Waals surface area contributed by atoms with Gasteiger partial charge in [-0.2, -0.15) is 0 Å². The third kappa shape index (κ3) is 2.04. The van der Waals surface area contributed by atoms with Gasteiger partial charge in [0.15, 0.2) is 6.23 Å². The average molecular weight is 323 g/mol. The molecule has 1 aromatic rings. The lowest BCUT2D eigenvalue weighted by molar-refractivity contribution is -0.0882. The fourth-order valence-corrected chi connectivity index (χ4v) is 2.01. The molecule has 4 N–H and O–H groups in total. The zero-order valence-electron chi connectivity index (χ0n) is 9.04. The van der Waals surface area contributed by atoms with Gasteiger partial charge in [-0.1, -0.05) is 0 Å². The van der Waals surface area contributed by atoms with E-state index in [9.17, 15) is 19.8 Å². The van der Waals surface area contributed by atoms with Crippen molar-refractivity contribution < 1.29 is 20.1 Å². The summed E-state index contributed by atoms with van der Waals surface area (Å²) in [6.45, 7) is -1.03. The number of nitrogens with zero attached hydrogens (tertiary/aromatic N) is 1. The van der Waals surface area contributed by atoms with E-state index in [1.54, 1.807) is 0 Å². The summed E-state index contributed by atoms with van der Waals surface area (Å²) in [7, 11) is 0. The minimum Gasteiger partial charge on any atom is -0.393 e. The summed E-state index contributed by atoms with van der Waals surface area (Å²) in [4.78, 5) is 24.8. The van der Waals surface area contributed by atoms with Crippen molar-refractivity contribution in [1.82, 2.24) is 9.55 Å². The Bertz CT molecular complexity index is 569. The second-order valence-electron chi connectivity index (χ2n) is 4.05. The van der Waals surface area contributed by atoms with Crippen LogP contribution in [0.5, 0.6) is 0 Å². The highest BCUT2D eigenvalue weighted by Gasteiger charge is 2.48. The number of hydrogen-bond acceptors (Lipinski definition) is 6. The van der Waals surface area contributed by atoms with E-state index in [4.69, 9.17) is 9.84 Å². The van der Waals surface area contributed by atoms with Crippen LogP contribution in [0, 0.1) is 0 Å². The Hall–Kier alpha value is -1.00. The maximum Gasteiger partial charge on any atom is 0.330 e. The highest BCUT2D eigenvalue weighted by Crippen LogP contribution is 2.30. The molecule has 1 fully saturated rings. The van der Waals surface area contributed by atoms with Gasteiger partial charge in [-0.3, -0.25) is 14.3 Å². The number of ether oxygens (including phenoxy) is 1. The van der Waals surface area contributed by atoms with E-state index in [1.807, 2.05) is 4.98 Å². The quantitative estimate of drug-likeness (QED) is 0.495. The normalized spacial score (nSPS) is 31.8. The van der Waals surface area contributed by atoms with Gasteiger partial charge in [0.1, 0.15) is 11.7 Å². The number of aliphatic hydroxyl groups is 3. The predicted molar refractivity (Wildman–Crippen MR) is 62.1 cm³/mol. The van der Waals surface area contributed by atoms with Crippen LogP contribution in [-0.2, 0) is 4.74 Å². The van der Waals surface area contributed by atoms with Crippen LogP contribution in [-0.4, -0.2) is 49.8 Å². The van der Waals surface area contributed by atoms with Gasteiger partial charge < -0.3 is 20.1 Å². The van der Waals surface area contributed by atoms with E-state index in [1.165, 1.54) is 0 Å². The summed E-state index contributed by atoms with van der Waals surface area (Å²) in [6.07, 6.45) is -1.51. The first-order valence-corrected chi connectivity index (χ1v) is 5.82. The van der Waals surface area contributed by atoms with Crippen LogP contribution in [0.4, 0.5) is 0 Å². The lowest BCUT2D eigenvalue weighted by atomic mass is 10.0. The van der Waals surface area contributed by atoms with Crippen molar-refractivity contribution in [3.63, 3.8) is 0 Å². The Balaban J connectivity index is 2.43. The molecule has 18 heavy (non-hydrogen) atoms. The van der Waals surface area contributed by atoms with Crippen LogP contribution in [0.25, 0.3) is 0 Å². The van der Waals surface area contributed by atoms with Crippen LogP contribution in [0.2, 0.25) is 0 Å². The van der Waals surface area contributed by atoms with Crippen LogP contribution in [0.3, 0.4) is 0 Å². The third-order valence-electron chi connectivity index (χ3n) is 2.80. The molecule has 2 rings (SSSR count). The molecule has 0 spiro atoms. The Kier molecular flexibility index (Phi) is 3.43. The predicted octanol–water partition coefficient (Wildman–Crippen LogP) is -2.09. The average Bonchev–Trinajstić information content (AvgIpc) is 2.62. The molecule has 8 nitrogen and oxygen atoms in total. The monoisotopic (exact) mass is 322 g/mol. The van der Waals surface area contributed by atoms with Crippen molar-refractivity contribution in [3.8, 4) is 0 Å². The second kappa shape index (κ2) is 4.59. The van der Waals surface area contributed by atoms with E-state index in [0.29, 0.717) is 0 Å². The minimum absolute atomic E-state index is 0.0809. The molecule has 0 unspecified atom stereocenters. The lowest BCUT2D eigenvalue weighted by Crippen LogP contribution is -2.47. The molecule has 0 aromatic carbocycles. The van der Waals surface area contributed by atoms with Crippen molar-refractivity contribution in [1.29, 1.82) is 0 Å². The molecule has 0 amide bonds. The maximum absolute atomic E-state index is 11.6. The number of H-pyrrole nitrogens is 1. The van der Waals surface area contributed by atoms with Crippen LogP contribution in [0.1, 0.15) is 6.23 Å². The highest BCUT2D eigenvalue weighted by atomic mass is 79.9. The van der Waals surface area contributed by atoms with Crippen molar-refractivity contribution >= 4 is 15.9 Å². The summed E-state index contributed by atoms with van der Waals surface area (Å²) in [5, 5.41) is 28.6. The lowest BCUT2D eigenvalue weighted by Gasteiger charge is -2.24. The van der Waals surface area contributed by atoms with Crippen LogP contribution >= 0.6 is 15.9 Å². The summed E-state index contributed by atoms with van der Waals surface area (Å²) in [5.41, 5.74) is -3.22. The van der Waals surface area contributed by atoms with Crippen molar-refractivity contribution in [2.45, 2.75) is 17.9 Å². The zero-order valence-corrected chi connectivity index (χ0v) is 10.6. The Labute approximate surface area is 109 Å². The fraction of sp³-hybridized carbons (Fsp3) is 0.556. The van der Waals surface area contributed by atoms with Gasteiger partial charge in [-0.25, -0.2) is 4.79 Å². The Morgan fingerprint density at radius 3 is 2.83 bits per heavy atom. The molecule has 1 aromatic heterocycles. The molecule has 0 saturated carbocycles. The molecule has 1 aliphatic heterocycles. The third-order valence-corrected chi connectivity index (χ3v) is 3.36. The van der Waals surface area contributed by atoms with Gasteiger partial charge in [0.2, 0.25) is 0 Å². The molecular weight excluding hydrogens is 312 g/mol. The number of nitrogens with one attached hydrogen (secondary N) is 1. The van der Waals surface area contributed by atoms with Gasteiger partial charge >= 0.3 is 5.69 Å². The zero-order chi connectivity index (χ0) is 13.5. The molecule has 1 aliphatic rings. The molecule has 2 heterocycles. The summed E-state index contributed by atoms with van der Waals surface area (Å²) in [5.74, 6) is 0. The highest BCUT2D eigenvalue weighted by molar-refractivity contribution is 9.10. The van der Waals surface area contributed by atoms with E-state index < -0.39 is 35.8 Å². The molecule has 100 valence electrons. The molecule has 0 aliphatic carbocycles. The first-order valence-electron chi connectivity index (χ1n) is 5.03. The van der Waals surface area contributed by atoms with Crippen LogP contribution < -0.4 is 11.2 Å². The van der Waals surface area contributed by atoms with E-state index >= 15 is 0 Å². The first-order chi connectivity index (χ1) is 8.39. The molecular formula is C9H11BrN2O6. The SMILES string of the molecule is O=c1[nH]c(=O)n([C@@H]2OC[C@@](O)(CO)[C@H]2O)cc1Br. The molecule has 1 saturated heterocycles. The number of aliphatic hydroxyl groups excluding tert-OH is 2. The molecule has 0 radical (unpaired) electrons. The summed E-state index contributed by atoms with van der Waals surface area (Å²) in [6, 6.07) is 0. The number of rotatable bonds is 2. The van der Waals surface area contributed by atoms with Gasteiger partial charge in [0, 0.05) is 6.20 Å². The summed E-state index contributed by atoms with van der Waals surface area (Å²) < 4.78 is 6.11. The van der Waals surface area contributed by atoms with Gasteiger partial charge in [-0.15, -0.1) is 0 Å². The van der Waals surface area contributed by atoms with Gasteiger partial charge in [0.05, 0.1) is 17.7 Å². The first kappa shape index (κ1) is 13.4. The largest absolute Gasteiger partial charge is 0.393 e. The Morgan fingerprint density at radius 2 is 2.28 bits per heavy atom. The van der Waals surface area contributed by atoms with Crippen molar-refractivity contribution in [2.24, 2.45) is 0 Å². The number of aromatic amines is 1. The topological polar surface area (TPSA) is 125 Å². The molecule has 0 bridgehead atoms. The van der Waals surface area contributed by atoms with Gasteiger partial charge in [0.25, 0.3) is 5.56 Å². The number of halogens is 1. The maximum atomic E-state index is 11.6. The molecule has 3 atom stereocenters. The van der Waals surface area contributed by atoms with E-state index in [0.717, 1.165) is 10.8 Å². The van der Waals surface area contributed by atoms with E-state index in [2.05, 4.69) is 15.9 Å². The van der Waals surface area contributed by atoms with Gasteiger partial charge in [-0.05, 0) is 15.9 Å². The van der Waals surface area contributed by atoms with Crippen molar-refractivity contribution in [2.75, 3.05) is 13.2 Å². The Morgan fingerprint density at radius 1 is 1.61 bits per heavy atom. The van der Waals surface area contributed by atoms with Crippen molar-refractivity contribution in [3.05, 3.63) is 31.5 Å². The smallest absolute Gasteiger partial charge is 0.330 e. The fourth-order valence-electron chi connectivity index (χ4n) is 1.69. The standard InChI is InChI=1S/C9H11BrN2O6/c10-4-1-12(8(16)11-6(4)15)7-5(14)9(17,2-13)3-18-7/h1,5,7,13-14,17H,2-3H2,(H,11,15,16)/t5-,7+,9-/m0/s1. The van der Waals surface area contributed by atoms with Crippen LogP contribution in [0.15, 0.2) is 20.3 Å². The molecule has 9 heteroatoms. The van der Waals surface area contributed by atoms with E-state index in [-0.39, 0.29) is 11.1 Å². The number of hydrogen-bond donors (Lipinski definition) is 4. The number of aromatic nitrogens is 2. The second-order valence-corrected chi connectivity index (χ2v) is 4.91.